The van der Waals surface area contributed by atoms with E-state index in [-0.39, 0.29) is 30.9 Å². The van der Waals surface area contributed by atoms with Gasteiger partial charge in [-0.3, -0.25) is 4.79 Å². The Morgan fingerprint density at radius 2 is 1.71 bits per heavy atom. The van der Waals surface area contributed by atoms with Gasteiger partial charge in [0.2, 0.25) is 0 Å². The molecular formula is C45H63NO13. The highest BCUT2D eigenvalue weighted by atomic mass is 16.7. The summed E-state index contributed by atoms with van der Waals surface area (Å²) in [5, 5.41) is 27.0. The monoisotopic (exact) mass is 825 g/mol. The highest BCUT2D eigenvalue weighted by Crippen LogP contribution is 2.70. The van der Waals surface area contributed by atoms with Crippen LogP contribution >= 0.6 is 0 Å². The summed E-state index contributed by atoms with van der Waals surface area (Å²) >= 11 is 0. The minimum Gasteiger partial charge on any atom is -0.457 e. The summed E-state index contributed by atoms with van der Waals surface area (Å²) in [6, 6.07) is 7.43. The minimum atomic E-state index is -1.79. The van der Waals surface area contributed by atoms with E-state index in [4.69, 9.17) is 33.2 Å². The Kier molecular flexibility index (Phi) is 12.1. The average molecular weight is 826 g/mol. The molecule has 1 amide bonds. The van der Waals surface area contributed by atoms with Gasteiger partial charge in [-0.15, -0.1) is 0 Å². The van der Waals surface area contributed by atoms with Gasteiger partial charge in [0.25, 0.3) is 0 Å². The number of amides is 1. The third-order valence-electron chi connectivity index (χ3n) is 13.3. The van der Waals surface area contributed by atoms with Gasteiger partial charge >= 0.3 is 24.0 Å². The van der Waals surface area contributed by atoms with Crippen molar-refractivity contribution in [3.05, 3.63) is 59.7 Å². The van der Waals surface area contributed by atoms with E-state index in [9.17, 15) is 29.4 Å². The van der Waals surface area contributed by atoms with Crippen LogP contribution in [0, 0.1) is 28.6 Å². The molecule has 14 nitrogen and oxygen atoms in total. The lowest BCUT2D eigenvalue weighted by Gasteiger charge is -2.67. The summed E-state index contributed by atoms with van der Waals surface area (Å²) in [6.07, 6.45) is -5.55. The van der Waals surface area contributed by atoms with E-state index in [0.717, 1.165) is 0 Å². The summed E-state index contributed by atoms with van der Waals surface area (Å²) in [4.78, 5) is 54.6. The first kappa shape index (κ1) is 44.7. The molecule has 2 aliphatic heterocycles. The zero-order valence-electron chi connectivity index (χ0n) is 36.2. The predicted octanol–water partition coefficient (Wildman–Crippen LogP) is 5.57. The largest absolute Gasteiger partial charge is 0.457 e. The van der Waals surface area contributed by atoms with Crippen LogP contribution in [0.3, 0.4) is 0 Å². The van der Waals surface area contributed by atoms with Crippen LogP contribution in [0.5, 0.6) is 0 Å². The number of aliphatic hydroxyl groups is 2. The van der Waals surface area contributed by atoms with Crippen LogP contribution in [0.1, 0.15) is 106 Å². The molecule has 2 saturated carbocycles. The van der Waals surface area contributed by atoms with Gasteiger partial charge in [0.05, 0.1) is 47.4 Å². The Morgan fingerprint density at radius 1 is 1.05 bits per heavy atom. The molecule has 0 radical (unpaired) electrons. The molecule has 1 aromatic rings. The number of carbonyl (C=O) groups excluding carboxylic acids is 4. The van der Waals surface area contributed by atoms with Gasteiger partial charge < -0.3 is 48.7 Å². The maximum atomic E-state index is 14.5. The van der Waals surface area contributed by atoms with Gasteiger partial charge in [0, 0.05) is 31.1 Å². The summed E-state index contributed by atoms with van der Waals surface area (Å²) in [5.74, 6) is -3.69. The number of hydrogen-bond acceptors (Lipinski definition) is 13. The number of alkyl carbamates (subject to hydrolysis) is 1. The van der Waals surface area contributed by atoms with Gasteiger partial charge in [0.15, 0.2) is 18.0 Å². The van der Waals surface area contributed by atoms with Crippen molar-refractivity contribution in [3.8, 4) is 0 Å². The molecule has 3 aliphatic carbocycles. The number of nitrogens with one attached hydrogen (secondary N) is 1. The molecule has 6 rings (SSSR count). The molecule has 0 aromatic heterocycles. The summed E-state index contributed by atoms with van der Waals surface area (Å²) in [7, 11) is 0. The number of rotatable bonds is 11. The number of ether oxygens (including phenoxy) is 7. The molecule has 0 spiro atoms. The molecule has 13 atom stereocenters. The van der Waals surface area contributed by atoms with Crippen LogP contribution in [-0.4, -0.2) is 107 Å². The number of fused-ring (bicyclic) bond motifs is 3. The SMILES string of the molecule is C=CC1O[C@H]2C[C@H]3OC[C@@]3(OC(C)=O)[C@H]3[C@H](OC(=O)c4ccccc4)[C@]4(C(C)(C)O)CC(OC(=O)[C@H](O)C(CC(C)C)NC(=O)OC(C)(C)C)C(C)=C4[C@H](C)[C@H](O1)[C@]23C. The Labute approximate surface area is 347 Å². The van der Waals surface area contributed by atoms with Crippen molar-refractivity contribution >= 4 is 24.0 Å². The minimum absolute atomic E-state index is 0.0118. The number of aliphatic hydroxyl groups excluding tert-OH is 1. The zero-order valence-corrected chi connectivity index (χ0v) is 36.2. The first-order chi connectivity index (χ1) is 27.4. The molecular weight excluding hydrogens is 762 g/mol. The van der Waals surface area contributed by atoms with E-state index in [0.29, 0.717) is 17.6 Å². The van der Waals surface area contributed by atoms with E-state index in [2.05, 4.69) is 11.9 Å². The van der Waals surface area contributed by atoms with Crippen LogP contribution in [0.2, 0.25) is 0 Å². The van der Waals surface area contributed by atoms with Crippen molar-refractivity contribution in [2.75, 3.05) is 6.61 Å². The molecule has 4 fully saturated rings. The Balaban J connectivity index is 1.52. The molecule has 2 heterocycles. The fourth-order valence-corrected chi connectivity index (χ4v) is 11.1. The first-order valence-electron chi connectivity index (χ1n) is 20.7. The van der Waals surface area contributed by atoms with Crippen LogP contribution in [0.4, 0.5) is 4.79 Å². The summed E-state index contributed by atoms with van der Waals surface area (Å²) in [5.41, 5.74) is -4.92. The van der Waals surface area contributed by atoms with Crippen molar-refractivity contribution in [1.29, 1.82) is 0 Å². The van der Waals surface area contributed by atoms with E-state index >= 15 is 0 Å². The quantitative estimate of drug-likeness (QED) is 0.143. The average Bonchev–Trinajstić information content (AvgIpc) is 3.39. The molecule has 14 heteroatoms. The highest BCUT2D eigenvalue weighted by molar-refractivity contribution is 5.89. The summed E-state index contributed by atoms with van der Waals surface area (Å²) < 4.78 is 44.4. The first-order valence-corrected chi connectivity index (χ1v) is 20.7. The lowest BCUT2D eigenvalue weighted by atomic mass is 9.49. The normalized spacial score (nSPS) is 36.0. The van der Waals surface area contributed by atoms with E-state index in [1.807, 2.05) is 27.7 Å². The van der Waals surface area contributed by atoms with Crippen molar-refractivity contribution in [3.63, 3.8) is 0 Å². The van der Waals surface area contributed by atoms with Gasteiger partial charge in [-0.1, -0.05) is 52.5 Å². The van der Waals surface area contributed by atoms with Crippen molar-refractivity contribution in [2.24, 2.45) is 28.6 Å². The second-order valence-electron chi connectivity index (χ2n) is 19.3. The van der Waals surface area contributed by atoms with E-state index in [1.165, 1.54) is 6.92 Å². The number of benzene rings is 1. The topological polar surface area (TPSA) is 185 Å². The Morgan fingerprint density at radius 3 is 2.25 bits per heavy atom. The zero-order chi connectivity index (χ0) is 43.6. The molecule has 2 saturated heterocycles. The summed E-state index contributed by atoms with van der Waals surface area (Å²) in [6.45, 7) is 23.2. The van der Waals surface area contributed by atoms with E-state index < -0.39 is 112 Å². The molecule has 3 N–H and O–H groups in total. The third kappa shape index (κ3) is 7.73. The fraction of sp³-hybridized carbons (Fsp3) is 0.689. The highest BCUT2D eigenvalue weighted by Gasteiger charge is 2.80. The van der Waals surface area contributed by atoms with E-state index in [1.54, 1.807) is 78.0 Å². The Hall–Kier alpha value is -3.82. The molecule has 3 unspecified atom stereocenters. The lowest BCUT2D eigenvalue weighted by molar-refractivity contribution is -0.391. The van der Waals surface area contributed by atoms with Crippen molar-refractivity contribution in [1.82, 2.24) is 5.32 Å². The van der Waals surface area contributed by atoms with Gasteiger partial charge in [-0.2, -0.15) is 0 Å². The fourth-order valence-electron chi connectivity index (χ4n) is 11.1. The van der Waals surface area contributed by atoms with Gasteiger partial charge in [0.1, 0.15) is 23.9 Å². The second kappa shape index (κ2) is 15.9. The third-order valence-corrected chi connectivity index (χ3v) is 13.3. The molecule has 5 aliphatic rings. The smallest absolute Gasteiger partial charge is 0.407 e. The maximum absolute atomic E-state index is 14.5. The molecule has 0 bridgehead atoms. The molecule has 59 heavy (non-hydrogen) atoms. The number of hydrogen-bond donors (Lipinski definition) is 3. The number of carbonyl (C=O) groups is 4. The standard InChI is InChI=1S/C45H63NO13/c1-13-32-55-30-20-31-45(22-53-31,58-26(6)47)35-37(57-38(49)27-17-15-14-16-18-27)44(42(10,11)52)21-29(24(4)33(44)25(5)36(56-32)43(30,35)12)54-39(50)34(48)28(19-23(2)3)46-40(51)59-41(7,8)9/h13-18,23,25,28-32,34-37,48,52H,1,19-22H2,2-12H3,(H,46,51)/t25-,28?,29?,30-,31+,32?,34+,35-,36-,37-,43+,44-,45-/m0/s1. The Bertz CT molecular complexity index is 1830. The lowest BCUT2D eigenvalue weighted by Crippen LogP contribution is -2.80. The van der Waals surface area contributed by atoms with Crippen molar-refractivity contribution < 1.29 is 62.5 Å². The predicted molar refractivity (Wildman–Crippen MR) is 214 cm³/mol. The molecule has 326 valence electrons. The molecule has 1 aromatic carbocycles. The van der Waals surface area contributed by atoms with Crippen molar-refractivity contribution in [2.45, 2.75) is 161 Å². The number of esters is 3. The van der Waals surface area contributed by atoms with Crippen LogP contribution in [-0.2, 0) is 42.7 Å². The van der Waals surface area contributed by atoms with Crippen LogP contribution < -0.4 is 5.32 Å². The van der Waals surface area contributed by atoms with Gasteiger partial charge in [-0.25, -0.2) is 14.4 Å². The van der Waals surface area contributed by atoms with Gasteiger partial charge in [-0.05, 0) is 83.2 Å². The van der Waals surface area contributed by atoms with Crippen LogP contribution in [0.15, 0.2) is 54.1 Å². The second-order valence-corrected chi connectivity index (χ2v) is 19.3. The van der Waals surface area contributed by atoms with Crippen LogP contribution in [0.25, 0.3) is 0 Å². The maximum Gasteiger partial charge on any atom is 0.407 e.